The molecule has 2 rings (SSSR count). The summed E-state index contributed by atoms with van der Waals surface area (Å²) in [4.78, 5) is 0. The Balaban J connectivity index is 2.09. The van der Waals surface area contributed by atoms with E-state index in [0.29, 0.717) is 5.41 Å². The quantitative estimate of drug-likeness (QED) is 0.413. The van der Waals surface area contributed by atoms with Crippen LogP contribution in [0.1, 0.15) is 112 Å². The van der Waals surface area contributed by atoms with Gasteiger partial charge in [-0.2, -0.15) is 0 Å². The summed E-state index contributed by atoms with van der Waals surface area (Å²) in [5.74, 6) is 5.54. The van der Waals surface area contributed by atoms with Crippen LogP contribution in [0.25, 0.3) is 0 Å². The van der Waals surface area contributed by atoms with Crippen molar-refractivity contribution in [3.63, 3.8) is 0 Å². The van der Waals surface area contributed by atoms with Crippen molar-refractivity contribution in [2.75, 3.05) is 0 Å². The summed E-state index contributed by atoms with van der Waals surface area (Å²) in [5, 5.41) is 0. The lowest BCUT2D eigenvalue weighted by Gasteiger charge is -2.32. The minimum Gasteiger partial charge on any atom is -0.0885 e. The van der Waals surface area contributed by atoms with Crippen LogP contribution in [-0.2, 0) is 0 Å². The Kier molecular flexibility index (Phi) is 9.85. The summed E-state index contributed by atoms with van der Waals surface area (Å²) in [6.07, 6.45) is 25.1. The smallest absolute Gasteiger partial charge is 0.0317 e. The molecule has 0 nitrogen and oxygen atoms in total. The molecule has 0 aromatic heterocycles. The van der Waals surface area contributed by atoms with Gasteiger partial charge in [0.05, 0.1) is 0 Å². The van der Waals surface area contributed by atoms with Gasteiger partial charge in [-0.05, 0) is 92.3 Å². The van der Waals surface area contributed by atoms with Crippen molar-refractivity contribution in [1.82, 2.24) is 0 Å². The topological polar surface area (TPSA) is 0 Å². The van der Waals surface area contributed by atoms with Crippen LogP contribution < -0.4 is 0 Å². The molecule has 6 unspecified atom stereocenters. The zero-order chi connectivity index (χ0) is 20.6. The monoisotopic (exact) mass is 386 g/mol. The molecule has 0 aromatic carbocycles. The van der Waals surface area contributed by atoms with Gasteiger partial charge < -0.3 is 0 Å². The molecule has 1 fully saturated rings. The summed E-state index contributed by atoms with van der Waals surface area (Å²) < 4.78 is 0. The molecule has 0 heteroatoms. The van der Waals surface area contributed by atoms with Crippen molar-refractivity contribution in [3.8, 4) is 0 Å². The van der Waals surface area contributed by atoms with E-state index < -0.39 is 0 Å². The van der Waals surface area contributed by atoms with Crippen LogP contribution in [0.2, 0.25) is 0 Å². The Bertz CT molecular complexity index is 477. The molecule has 0 heterocycles. The van der Waals surface area contributed by atoms with Crippen molar-refractivity contribution in [2.24, 2.45) is 40.9 Å². The molecule has 2 aliphatic carbocycles. The lowest BCUT2D eigenvalue weighted by Crippen LogP contribution is -2.24. The molecule has 0 aromatic rings. The van der Waals surface area contributed by atoms with Crippen LogP contribution in [0.3, 0.4) is 0 Å². The van der Waals surface area contributed by atoms with Crippen LogP contribution in [0.15, 0.2) is 24.3 Å². The van der Waals surface area contributed by atoms with Gasteiger partial charge in [0.25, 0.3) is 0 Å². The predicted octanol–water partition coefficient (Wildman–Crippen LogP) is 9.22. The minimum atomic E-state index is 0.434. The molecule has 0 aliphatic heterocycles. The number of hydrogen-bond donors (Lipinski definition) is 0. The van der Waals surface area contributed by atoms with Gasteiger partial charge >= 0.3 is 0 Å². The SMILES string of the molecule is CCCCC(C)C1CC=CCCC(C(C)(C)C)CCC=CCCC1C1CC1C. The van der Waals surface area contributed by atoms with E-state index in [2.05, 4.69) is 65.8 Å². The van der Waals surface area contributed by atoms with E-state index in [-0.39, 0.29) is 0 Å². The van der Waals surface area contributed by atoms with Gasteiger partial charge in [0.15, 0.2) is 0 Å². The normalized spacial score (nSPS) is 34.0. The molecule has 0 spiro atoms. The van der Waals surface area contributed by atoms with E-state index in [1.807, 2.05) is 0 Å². The average Bonchev–Trinajstić information content (AvgIpc) is 3.36. The molecule has 2 aliphatic rings. The highest BCUT2D eigenvalue weighted by Crippen LogP contribution is 2.51. The standard InChI is InChI=1S/C28H50/c1-7-8-16-22(2)25-19-15-11-13-18-24(28(4,5)6)17-12-9-10-14-20-26(25)27-21-23(27)3/h9-11,15,22-27H,7-8,12-14,16-21H2,1-6H3. The molecule has 0 N–H and O–H groups in total. The summed E-state index contributed by atoms with van der Waals surface area (Å²) in [6, 6.07) is 0. The van der Waals surface area contributed by atoms with Crippen molar-refractivity contribution < 1.29 is 0 Å². The highest BCUT2D eigenvalue weighted by Gasteiger charge is 2.43. The van der Waals surface area contributed by atoms with E-state index in [0.717, 1.165) is 35.5 Å². The fraction of sp³-hybridized carbons (Fsp3) is 0.857. The van der Waals surface area contributed by atoms with E-state index in [1.54, 1.807) is 0 Å². The van der Waals surface area contributed by atoms with Gasteiger partial charge in [0, 0.05) is 0 Å². The first-order valence-corrected chi connectivity index (χ1v) is 12.6. The highest BCUT2D eigenvalue weighted by molar-refractivity contribution is 4.97. The number of hydrogen-bond acceptors (Lipinski definition) is 0. The third-order valence-corrected chi connectivity index (χ3v) is 8.01. The van der Waals surface area contributed by atoms with Crippen molar-refractivity contribution in [2.45, 2.75) is 112 Å². The highest BCUT2D eigenvalue weighted by atomic mass is 14.5. The molecule has 6 atom stereocenters. The van der Waals surface area contributed by atoms with Gasteiger partial charge in [-0.3, -0.25) is 0 Å². The first-order chi connectivity index (χ1) is 13.3. The lowest BCUT2D eigenvalue weighted by molar-refractivity contribution is 0.188. The van der Waals surface area contributed by atoms with E-state index in [9.17, 15) is 0 Å². The van der Waals surface area contributed by atoms with Crippen LogP contribution in [-0.4, -0.2) is 0 Å². The molecule has 0 amide bonds. The van der Waals surface area contributed by atoms with Crippen LogP contribution in [0.5, 0.6) is 0 Å². The first kappa shape index (κ1) is 23.8. The molecule has 28 heavy (non-hydrogen) atoms. The van der Waals surface area contributed by atoms with Crippen molar-refractivity contribution >= 4 is 0 Å². The average molecular weight is 387 g/mol. The van der Waals surface area contributed by atoms with Gasteiger partial charge in [-0.15, -0.1) is 0 Å². The zero-order valence-corrected chi connectivity index (χ0v) is 20.1. The van der Waals surface area contributed by atoms with Crippen molar-refractivity contribution in [3.05, 3.63) is 24.3 Å². The molecular formula is C28H50. The Morgan fingerprint density at radius 1 is 0.893 bits per heavy atom. The van der Waals surface area contributed by atoms with Crippen LogP contribution in [0.4, 0.5) is 0 Å². The molecule has 0 radical (unpaired) electrons. The van der Waals surface area contributed by atoms with Gasteiger partial charge in [-0.1, -0.05) is 85.1 Å². The maximum absolute atomic E-state index is 2.58. The Morgan fingerprint density at radius 2 is 1.46 bits per heavy atom. The largest absolute Gasteiger partial charge is 0.0885 e. The predicted molar refractivity (Wildman–Crippen MR) is 126 cm³/mol. The van der Waals surface area contributed by atoms with E-state index in [1.165, 1.54) is 70.6 Å². The number of unbranched alkanes of at least 4 members (excludes halogenated alkanes) is 1. The van der Waals surface area contributed by atoms with Gasteiger partial charge in [0.1, 0.15) is 0 Å². The van der Waals surface area contributed by atoms with E-state index in [4.69, 9.17) is 0 Å². The Labute approximate surface area is 177 Å². The minimum absolute atomic E-state index is 0.434. The Morgan fingerprint density at radius 3 is 2.00 bits per heavy atom. The molecule has 162 valence electrons. The maximum atomic E-state index is 2.58. The van der Waals surface area contributed by atoms with Gasteiger partial charge in [0.2, 0.25) is 0 Å². The second-order valence-electron chi connectivity index (χ2n) is 11.3. The molecule has 0 bridgehead atoms. The zero-order valence-electron chi connectivity index (χ0n) is 20.1. The molecular weight excluding hydrogens is 336 g/mol. The molecule has 1 saturated carbocycles. The molecule has 0 saturated heterocycles. The fourth-order valence-electron chi connectivity index (χ4n) is 5.76. The lowest BCUT2D eigenvalue weighted by atomic mass is 9.73. The van der Waals surface area contributed by atoms with Gasteiger partial charge in [-0.25, -0.2) is 0 Å². The summed E-state index contributed by atoms with van der Waals surface area (Å²) in [7, 11) is 0. The van der Waals surface area contributed by atoms with Crippen LogP contribution >= 0.6 is 0 Å². The number of rotatable bonds is 5. The summed E-state index contributed by atoms with van der Waals surface area (Å²) in [5.41, 5.74) is 0.434. The first-order valence-electron chi connectivity index (χ1n) is 12.6. The summed E-state index contributed by atoms with van der Waals surface area (Å²) >= 11 is 0. The maximum Gasteiger partial charge on any atom is -0.0317 e. The van der Waals surface area contributed by atoms with Crippen LogP contribution in [0, 0.1) is 40.9 Å². The third-order valence-electron chi connectivity index (χ3n) is 8.01. The van der Waals surface area contributed by atoms with Crippen molar-refractivity contribution in [1.29, 1.82) is 0 Å². The number of allylic oxidation sites excluding steroid dienone is 4. The van der Waals surface area contributed by atoms with E-state index >= 15 is 0 Å². The second-order valence-corrected chi connectivity index (χ2v) is 11.3. The second kappa shape index (κ2) is 11.6. The fourth-order valence-corrected chi connectivity index (χ4v) is 5.76. The summed E-state index contributed by atoms with van der Waals surface area (Å²) in [6.45, 7) is 14.7. The Hall–Kier alpha value is -0.520. The third kappa shape index (κ3) is 7.72.